The van der Waals surface area contributed by atoms with Gasteiger partial charge in [0.25, 0.3) is 0 Å². The minimum atomic E-state index is 0.000340. The molecule has 3 nitrogen and oxygen atoms in total. The summed E-state index contributed by atoms with van der Waals surface area (Å²) in [6.07, 6.45) is 0.460. The van der Waals surface area contributed by atoms with Crippen molar-refractivity contribution >= 4 is 29.1 Å². The van der Waals surface area contributed by atoms with E-state index in [2.05, 4.69) is 10.6 Å². The van der Waals surface area contributed by atoms with Crippen molar-refractivity contribution in [2.24, 2.45) is 0 Å². The predicted octanol–water partition coefficient (Wildman–Crippen LogP) is 2.22. The summed E-state index contributed by atoms with van der Waals surface area (Å²) in [5.41, 5.74) is 0.865. The molecule has 1 rings (SSSR count). The first-order valence-electron chi connectivity index (χ1n) is 4.98. The average Bonchev–Trinajstić information content (AvgIpc) is 2.25. The van der Waals surface area contributed by atoms with Gasteiger partial charge in [-0.2, -0.15) is 0 Å². The fourth-order valence-electron chi connectivity index (χ4n) is 1.19. The largest absolute Gasteiger partial charge is 0.352 e. The monoisotopic (exact) mass is 260 g/mol. The molecule has 0 aliphatic carbocycles. The Morgan fingerprint density at radius 2 is 2.12 bits per heavy atom. The lowest BCUT2D eigenvalue weighted by Gasteiger charge is -2.07. The molecule has 0 heterocycles. The van der Waals surface area contributed by atoms with Gasteiger partial charge in [0.05, 0.1) is 0 Å². The molecule has 0 atom stereocenters. The Balaban J connectivity index is 2.45. The zero-order chi connectivity index (χ0) is 12.0. The Morgan fingerprint density at radius 1 is 1.38 bits per heavy atom. The quantitative estimate of drug-likeness (QED) is 0.853. The summed E-state index contributed by atoms with van der Waals surface area (Å²) in [5.74, 6) is 0.000340. The van der Waals surface area contributed by atoms with Crippen LogP contribution in [0.2, 0.25) is 10.0 Å². The van der Waals surface area contributed by atoms with Crippen molar-refractivity contribution in [3.05, 3.63) is 33.8 Å². The fraction of sp³-hybridized carbons (Fsp3) is 0.364. The van der Waals surface area contributed by atoms with E-state index in [0.29, 0.717) is 29.6 Å². The van der Waals surface area contributed by atoms with E-state index in [-0.39, 0.29) is 5.91 Å². The molecule has 0 saturated heterocycles. The molecular formula is C11H14Cl2N2O. The zero-order valence-corrected chi connectivity index (χ0v) is 10.5. The van der Waals surface area contributed by atoms with Crippen molar-refractivity contribution in [1.82, 2.24) is 10.6 Å². The maximum Gasteiger partial charge on any atom is 0.221 e. The number of benzene rings is 1. The zero-order valence-electron chi connectivity index (χ0n) is 9.02. The standard InChI is InChI=1S/C11H14Cl2N2O/c1-14-5-4-11(16)15-7-8-2-3-9(12)6-10(8)13/h2-3,6,14H,4-5,7H2,1H3,(H,15,16). The second-order valence-electron chi connectivity index (χ2n) is 3.37. The van der Waals surface area contributed by atoms with E-state index in [0.717, 1.165) is 5.56 Å². The van der Waals surface area contributed by atoms with Crippen molar-refractivity contribution in [2.75, 3.05) is 13.6 Å². The highest BCUT2D eigenvalue weighted by Gasteiger charge is 2.03. The topological polar surface area (TPSA) is 41.1 Å². The molecule has 0 radical (unpaired) electrons. The van der Waals surface area contributed by atoms with Crippen LogP contribution < -0.4 is 10.6 Å². The number of hydrogen-bond donors (Lipinski definition) is 2. The summed E-state index contributed by atoms with van der Waals surface area (Å²) < 4.78 is 0. The highest BCUT2D eigenvalue weighted by atomic mass is 35.5. The molecule has 0 bridgehead atoms. The van der Waals surface area contributed by atoms with E-state index in [1.54, 1.807) is 12.1 Å². The van der Waals surface area contributed by atoms with E-state index in [1.165, 1.54) is 0 Å². The number of carbonyl (C=O) groups excluding carboxylic acids is 1. The lowest BCUT2D eigenvalue weighted by atomic mass is 10.2. The van der Waals surface area contributed by atoms with Gasteiger partial charge in [0, 0.05) is 29.6 Å². The summed E-state index contributed by atoms with van der Waals surface area (Å²) in [4.78, 5) is 11.3. The van der Waals surface area contributed by atoms with Gasteiger partial charge in [0.2, 0.25) is 5.91 Å². The number of carbonyl (C=O) groups is 1. The van der Waals surface area contributed by atoms with Gasteiger partial charge in [-0.05, 0) is 24.7 Å². The summed E-state index contributed by atoms with van der Waals surface area (Å²) in [6.45, 7) is 1.10. The van der Waals surface area contributed by atoms with Crippen LogP contribution in [0.15, 0.2) is 18.2 Å². The van der Waals surface area contributed by atoms with Crippen LogP contribution in [0, 0.1) is 0 Å². The molecule has 0 spiro atoms. The molecule has 0 aliphatic heterocycles. The Kier molecular flexibility index (Phi) is 5.60. The van der Waals surface area contributed by atoms with Gasteiger partial charge >= 0.3 is 0 Å². The van der Waals surface area contributed by atoms with E-state index >= 15 is 0 Å². The predicted molar refractivity (Wildman–Crippen MR) is 66.9 cm³/mol. The van der Waals surface area contributed by atoms with Crippen LogP contribution in [0.4, 0.5) is 0 Å². The second-order valence-corrected chi connectivity index (χ2v) is 4.21. The van der Waals surface area contributed by atoms with Gasteiger partial charge in [-0.3, -0.25) is 4.79 Å². The summed E-state index contributed by atoms with van der Waals surface area (Å²) in [5, 5.41) is 6.86. The Hall–Kier alpha value is -0.770. The first-order valence-corrected chi connectivity index (χ1v) is 5.74. The molecular weight excluding hydrogens is 247 g/mol. The maximum absolute atomic E-state index is 11.3. The number of hydrogen-bond acceptors (Lipinski definition) is 2. The average molecular weight is 261 g/mol. The van der Waals surface area contributed by atoms with Gasteiger partial charge in [0.15, 0.2) is 0 Å². The van der Waals surface area contributed by atoms with E-state index in [1.807, 2.05) is 13.1 Å². The molecule has 88 valence electrons. The molecule has 1 aromatic rings. The molecule has 5 heteroatoms. The van der Waals surface area contributed by atoms with Gasteiger partial charge in [-0.1, -0.05) is 29.3 Å². The normalized spacial score (nSPS) is 10.2. The fourth-order valence-corrected chi connectivity index (χ4v) is 1.66. The molecule has 2 N–H and O–H groups in total. The van der Waals surface area contributed by atoms with E-state index in [4.69, 9.17) is 23.2 Å². The minimum absolute atomic E-state index is 0.000340. The lowest BCUT2D eigenvalue weighted by Crippen LogP contribution is -2.26. The van der Waals surface area contributed by atoms with Crippen molar-refractivity contribution < 1.29 is 4.79 Å². The first-order chi connectivity index (χ1) is 7.63. The number of halogens is 2. The number of nitrogens with one attached hydrogen (secondary N) is 2. The highest BCUT2D eigenvalue weighted by molar-refractivity contribution is 6.35. The van der Waals surface area contributed by atoms with Gasteiger partial charge < -0.3 is 10.6 Å². The summed E-state index contributed by atoms with van der Waals surface area (Å²) in [7, 11) is 1.81. The van der Waals surface area contributed by atoms with Crippen LogP contribution in [-0.4, -0.2) is 19.5 Å². The van der Waals surface area contributed by atoms with Crippen LogP contribution in [0.25, 0.3) is 0 Å². The molecule has 1 aromatic carbocycles. The minimum Gasteiger partial charge on any atom is -0.352 e. The van der Waals surface area contributed by atoms with Gasteiger partial charge in [0.1, 0.15) is 0 Å². The Labute approximate surface area is 105 Å². The number of amides is 1. The third kappa shape index (κ3) is 4.39. The number of rotatable bonds is 5. The molecule has 0 fully saturated rings. The van der Waals surface area contributed by atoms with Crippen LogP contribution >= 0.6 is 23.2 Å². The van der Waals surface area contributed by atoms with Crippen molar-refractivity contribution in [3.63, 3.8) is 0 Å². The van der Waals surface area contributed by atoms with Crippen molar-refractivity contribution in [1.29, 1.82) is 0 Å². The molecule has 1 amide bonds. The third-order valence-electron chi connectivity index (χ3n) is 2.09. The molecule has 0 aromatic heterocycles. The second kappa shape index (κ2) is 6.74. The summed E-state index contributed by atoms with van der Waals surface area (Å²) in [6, 6.07) is 5.23. The van der Waals surface area contributed by atoms with Crippen LogP contribution in [0.1, 0.15) is 12.0 Å². The highest BCUT2D eigenvalue weighted by Crippen LogP contribution is 2.20. The summed E-state index contributed by atoms with van der Waals surface area (Å²) >= 11 is 11.7. The lowest BCUT2D eigenvalue weighted by molar-refractivity contribution is -0.121. The van der Waals surface area contributed by atoms with E-state index in [9.17, 15) is 4.79 Å². The molecule has 0 aliphatic rings. The van der Waals surface area contributed by atoms with Crippen LogP contribution in [0.5, 0.6) is 0 Å². The third-order valence-corrected chi connectivity index (χ3v) is 2.68. The van der Waals surface area contributed by atoms with Gasteiger partial charge in [-0.15, -0.1) is 0 Å². The van der Waals surface area contributed by atoms with Crippen molar-refractivity contribution in [3.8, 4) is 0 Å². The Bertz CT molecular complexity index is 369. The van der Waals surface area contributed by atoms with Crippen molar-refractivity contribution in [2.45, 2.75) is 13.0 Å². The molecule has 0 saturated carbocycles. The molecule has 0 unspecified atom stereocenters. The SMILES string of the molecule is CNCCC(=O)NCc1ccc(Cl)cc1Cl. The van der Waals surface area contributed by atoms with Crippen LogP contribution in [-0.2, 0) is 11.3 Å². The first kappa shape index (κ1) is 13.3. The van der Waals surface area contributed by atoms with E-state index < -0.39 is 0 Å². The maximum atomic E-state index is 11.3. The van der Waals surface area contributed by atoms with Gasteiger partial charge in [-0.25, -0.2) is 0 Å². The molecule has 16 heavy (non-hydrogen) atoms. The van der Waals surface area contributed by atoms with Crippen LogP contribution in [0.3, 0.4) is 0 Å². The Morgan fingerprint density at radius 3 is 2.75 bits per heavy atom. The smallest absolute Gasteiger partial charge is 0.221 e.